The van der Waals surface area contributed by atoms with Crippen molar-refractivity contribution in [1.82, 2.24) is 5.32 Å². The first-order valence-electron chi connectivity index (χ1n) is 8.07. The van der Waals surface area contributed by atoms with E-state index in [0.29, 0.717) is 13.0 Å². The highest BCUT2D eigenvalue weighted by atomic mass is 19.1. The number of carbonyl (C=O) groups is 1. The highest BCUT2D eigenvalue weighted by molar-refractivity contribution is 5.91. The van der Waals surface area contributed by atoms with Crippen molar-refractivity contribution in [3.63, 3.8) is 0 Å². The van der Waals surface area contributed by atoms with Gasteiger partial charge in [0.2, 0.25) is 5.91 Å². The van der Waals surface area contributed by atoms with Gasteiger partial charge in [0.05, 0.1) is 0 Å². The summed E-state index contributed by atoms with van der Waals surface area (Å²) in [7, 11) is 3.95. The Labute approximate surface area is 142 Å². The van der Waals surface area contributed by atoms with E-state index in [1.165, 1.54) is 12.1 Å². The van der Waals surface area contributed by atoms with Crippen LogP contribution in [0.2, 0.25) is 0 Å². The third-order valence-electron chi connectivity index (χ3n) is 3.70. The average molecular weight is 329 g/mol. The van der Waals surface area contributed by atoms with Gasteiger partial charge in [0.1, 0.15) is 5.82 Å². The number of amides is 1. The monoisotopic (exact) mass is 329 g/mol. The standard InChI is InChI=1S/C19H24FN3O/c1-23(2)18-9-7-17(8-10-18)22-19(24)12-14-21-13-11-15-3-5-16(20)6-4-15/h3-10,21H,11-14H2,1-2H3,(H,22,24). The highest BCUT2D eigenvalue weighted by Crippen LogP contribution is 2.15. The van der Waals surface area contributed by atoms with Gasteiger partial charge in [0.15, 0.2) is 0 Å². The van der Waals surface area contributed by atoms with Crippen LogP contribution in [0.15, 0.2) is 48.5 Å². The highest BCUT2D eigenvalue weighted by Gasteiger charge is 2.03. The van der Waals surface area contributed by atoms with E-state index < -0.39 is 0 Å². The Morgan fingerprint density at radius 1 is 1.00 bits per heavy atom. The summed E-state index contributed by atoms with van der Waals surface area (Å²) in [6.07, 6.45) is 1.23. The molecule has 0 bridgehead atoms. The summed E-state index contributed by atoms with van der Waals surface area (Å²) in [5.74, 6) is -0.233. The molecule has 0 heterocycles. The molecule has 2 rings (SSSR count). The molecule has 0 aliphatic carbocycles. The van der Waals surface area contributed by atoms with E-state index in [1.807, 2.05) is 43.3 Å². The van der Waals surface area contributed by atoms with Gasteiger partial charge in [0.25, 0.3) is 0 Å². The molecule has 0 unspecified atom stereocenters. The lowest BCUT2D eigenvalue weighted by molar-refractivity contribution is -0.116. The summed E-state index contributed by atoms with van der Waals surface area (Å²) < 4.78 is 12.8. The van der Waals surface area contributed by atoms with Gasteiger partial charge in [-0.1, -0.05) is 12.1 Å². The van der Waals surface area contributed by atoms with E-state index in [0.717, 1.165) is 29.9 Å². The van der Waals surface area contributed by atoms with Crippen molar-refractivity contribution in [2.75, 3.05) is 37.4 Å². The molecule has 0 aliphatic rings. The lowest BCUT2D eigenvalue weighted by Crippen LogP contribution is -2.23. The molecule has 0 aliphatic heterocycles. The first-order valence-corrected chi connectivity index (χ1v) is 8.07. The van der Waals surface area contributed by atoms with Crippen molar-refractivity contribution in [3.8, 4) is 0 Å². The zero-order chi connectivity index (χ0) is 17.4. The van der Waals surface area contributed by atoms with Gasteiger partial charge in [-0.15, -0.1) is 0 Å². The van der Waals surface area contributed by atoms with Crippen molar-refractivity contribution in [2.24, 2.45) is 0 Å². The molecule has 2 aromatic rings. The minimum absolute atomic E-state index is 0.0121. The fourth-order valence-corrected chi connectivity index (χ4v) is 2.28. The van der Waals surface area contributed by atoms with Crippen molar-refractivity contribution >= 4 is 17.3 Å². The van der Waals surface area contributed by atoms with Gasteiger partial charge in [-0.2, -0.15) is 0 Å². The molecule has 0 saturated carbocycles. The van der Waals surface area contributed by atoms with E-state index in [9.17, 15) is 9.18 Å². The maximum Gasteiger partial charge on any atom is 0.225 e. The van der Waals surface area contributed by atoms with Crippen LogP contribution in [0.4, 0.5) is 15.8 Å². The van der Waals surface area contributed by atoms with E-state index in [2.05, 4.69) is 10.6 Å². The Morgan fingerprint density at radius 2 is 1.67 bits per heavy atom. The zero-order valence-corrected chi connectivity index (χ0v) is 14.2. The van der Waals surface area contributed by atoms with Crippen LogP contribution in [0.5, 0.6) is 0 Å². The first-order chi connectivity index (χ1) is 11.5. The van der Waals surface area contributed by atoms with Gasteiger partial charge < -0.3 is 15.5 Å². The topological polar surface area (TPSA) is 44.4 Å². The van der Waals surface area contributed by atoms with Crippen LogP contribution in [-0.2, 0) is 11.2 Å². The SMILES string of the molecule is CN(C)c1ccc(NC(=O)CCNCCc2ccc(F)cc2)cc1. The van der Waals surface area contributed by atoms with E-state index >= 15 is 0 Å². The third kappa shape index (κ3) is 6.01. The number of nitrogens with one attached hydrogen (secondary N) is 2. The van der Waals surface area contributed by atoms with Gasteiger partial charge in [-0.25, -0.2) is 4.39 Å². The fourth-order valence-electron chi connectivity index (χ4n) is 2.28. The molecule has 24 heavy (non-hydrogen) atoms. The Morgan fingerprint density at radius 3 is 2.29 bits per heavy atom. The quantitative estimate of drug-likeness (QED) is 0.732. The maximum absolute atomic E-state index is 12.8. The number of halogens is 1. The molecule has 0 fully saturated rings. The maximum atomic E-state index is 12.8. The smallest absolute Gasteiger partial charge is 0.225 e. The first kappa shape index (κ1) is 17.9. The summed E-state index contributed by atoms with van der Waals surface area (Å²) >= 11 is 0. The summed E-state index contributed by atoms with van der Waals surface area (Å²) in [5, 5.41) is 6.11. The van der Waals surface area contributed by atoms with E-state index in [1.54, 1.807) is 12.1 Å². The summed E-state index contributed by atoms with van der Waals surface area (Å²) in [4.78, 5) is 13.9. The Bertz CT molecular complexity index is 639. The number of anilines is 2. The zero-order valence-electron chi connectivity index (χ0n) is 14.2. The van der Waals surface area contributed by atoms with Crippen molar-refractivity contribution in [2.45, 2.75) is 12.8 Å². The van der Waals surface area contributed by atoms with Crippen LogP contribution < -0.4 is 15.5 Å². The number of rotatable bonds is 8. The van der Waals surface area contributed by atoms with E-state index in [4.69, 9.17) is 0 Å². The third-order valence-corrected chi connectivity index (χ3v) is 3.70. The minimum Gasteiger partial charge on any atom is -0.378 e. The molecule has 0 aromatic heterocycles. The second-order valence-corrected chi connectivity index (χ2v) is 5.87. The van der Waals surface area contributed by atoms with Gasteiger partial charge in [0, 0.05) is 38.4 Å². The predicted molar refractivity (Wildman–Crippen MR) is 97.0 cm³/mol. The second-order valence-electron chi connectivity index (χ2n) is 5.87. The molecule has 2 aromatic carbocycles. The molecular weight excluding hydrogens is 305 g/mol. The normalized spacial score (nSPS) is 10.5. The number of hydrogen-bond donors (Lipinski definition) is 2. The van der Waals surface area contributed by atoms with Crippen LogP contribution in [0, 0.1) is 5.82 Å². The number of hydrogen-bond acceptors (Lipinski definition) is 3. The van der Waals surface area contributed by atoms with Crippen molar-refractivity contribution in [1.29, 1.82) is 0 Å². The molecule has 5 heteroatoms. The van der Waals surface area contributed by atoms with Crippen LogP contribution in [0.3, 0.4) is 0 Å². The van der Waals surface area contributed by atoms with Crippen LogP contribution in [0.1, 0.15) is 12.0 Å². The molecule has 1 amide bonds. The number of benzene rings is 2. The van der Waals surface area contributed by atoms with Crippen LogP contribution in [-0.4, -0.2) is 33.1 Å². The minimum atomic E-state index is -0.220. The molecule has 0 saturated heterocycles. The largest absolute Gasteiger partial charge is 0.378 e. The van der Waals surface area contributed by atoms with Crippen molar-refractivity contribution in [3.05, 3.63) is 59.9 Å². The van der Waals surface area contributed by atoms with Gasteiger partial charge in [-0.3, -0.25) is 4.79 Å². The summed E-state index contributed by atoms with van der Waals surface area (Å²) in [5.41, 5.74) is 2.97. The fraction of sp³-hybridized carbons (Fsp3) is 0.316. The number of carbonyl (C=O) groups excluding carboxylic acids is 1. The summed E-state index contributed by atoms with van der Waals surface area (Å²) in [6.45, 7) is 1.37. The van der Waals surface area contributed by atoms with Gasteiger partial charge >= 0.3 is 0 Å². The van der Waals surface area contributed by atoms with Gasteiger partial charge in [-0.05, 0) is 54.9 Å². The average Bonchev–Trinajstić information content (AvgIpc) is 2.56. The lowest BCUT2D eigenvalue weighted by Gasteiger charge is -2.13. The molecule has 0 radical (unpaired) electrons. The summed E-state index contributed by atoms with van der Waals surface area (Å²) in [6, 6.07) is 14.2. The lowest BCUT2D eigenvalue weighted by atomic mass is 10.1. The molecular formula is C19H24FN3O. The van der Waals surface area contributed by atoms with Crippen LogP contribution >= 0.6 is 0 Å². The molecule has 4 nitrogen and oxygen atoms in total. The van der Waals surface area contributed by atoms with Crippen LogP contribution in [0.25, 0.3) is 0 Å². The predicted octanol–water partition coefficient (Wildman–Crippen LogP) is 3.05. The van der Waals surface area contributed by atoms with Crippen molar-refractivity contribution < 1.29 is 9.18 Å². The molecule has 0 atom stereocenters. The molecule has 2 N–H and O–H groups in total. The Balaban J connectivity index is 1.63. The van der Waals surface area contributed by atoms with E-state index in [-0.39, 0.29) is 11.7 Å². The Kier molecular flexibility index (Phi) is 6.75. The molecule has 0 spiro atoms. The second kappa shape index (κ2) is 9.03. The molecule has 128 valence electrons. The number of nitrogens with zero attached hydrogens (tertiary/aromatic N) is 1. The Hall–Kier alpha value is -2.40.